The number of aromatic nitrogens is 1. The number of likely N-dealkylation sites (N-methyl/N-ethyl adjacent to an activating group) is 1. The summed E-state index contributed by atoms with van der Waals surface area (Å²) >= 11 is 0. The van der Waals surface area contributed by atoms with Gasteiger partial charge in [0, 0.05) is 23.9 Å². The van der Waals surface area contributed by atoms with Crippen LogP contribution >= 0.6 is 0 Å². The number of rotatable bonds is 4. The minimum Gasteiger partial charge on any atom is -0.476 e. The van der Waals surface area contributed by atoms with E-state index < -0.39 is 0 Å². The van der Waals surface area contributed by atoms with Crippen molar-refractivity contribution in [3.63, 3.8) is 0 Å². The summed E-state index contributed by atoms with van der Waals surface area (Å²) in [7, 11) is 2.13. The predicted molar refractivity (Wildman–Crippen MR) is 70.0 cm³/mol. The van der Waals surface area contributed by atoms with E-state index in [4.69, 9.17) is 4.74 Å². The quantitative estimate of drug-likeness (QED) is 0.766. The number of carbonyl (C=O) groups excluding carboxylic acids is 1. The maximum atomic E-state index is 11.3. The molecule has 1 aliphatic heterocycles. The van der Waals surface area contributed by atoms with E-state index in [1.54, 1.807) is 25.3 Å². The van der Waals surface area contributed by atoms with Crippen LogP contribution in [0, 0.1) is 0 Å². The van der Waals surface area contributed by atoms with E-state index in [-0.39, 0.29) is 5.78 Å². The number of carbonyl (C=O) groups is 1. The van der Waals surface area contributed by atoms with Crippen molar-refractivity contribution >= 4 is 5.78 Å². The molecule has 0 N–H and O–H groups in total. The van der Waals surface area contributed by atoms with Crippen molar-refractivity contribution in [2.75, 3.05) is 20.2 Å². The minimum atomic E-state index is 0.0389. The van der Waals surface area contributed by atoms with Gasteiger partial charge in [0.15, 0.2) is 5.78 Å². The van der Waals surface area contributed by atoms with Crippen LogP contribution < -0.4 is 4.74 Å². The van der Waals surface area contributed by atoms with E-state index in [1.807, 2.05) is 0 Å². The summed E-state index contributed by atoms with van der Waals surface area (Å²) in [5, 5.41) is 0. The molecule has 0 bridgehead atoms. The molecule has 0 saturated carbocycles. The molecule has 1 fully saturated rings. The zero-order valence-electron chi connectivity index (χ0n) is 11.1. The first kappa shape index (κ1) is 13.0. The van der Waals surface area contributed by atoms with Gasteiger partial charge in [0.05, 0.1) is 0 Å². The predicted octanol–water partition coefficient (Wildman–Crippen LogP) is 2.15. The molecule has 1 unspecified atom stereocenters. The summed E-state index contributed by atoms with van der Waals surface area (Å²) < 4.78 is 5.70. The summed E-state index contributed by atoms with van der Waals surface area (Å²) in [6.45, 7) is 3.33. The van der Waals surface area contributed by atoms with Crippen molar-refractivity contribution in [2.45, 2.75) is 32.2 Å². The SMILES string of the molecule is CC(=O)c1ccnc(OCC2CCCCN2C)c1. The highest BCUT2D eigenvalue weighted by molar-refractivity contribution is 5.94. The molecule has 0 amide bonds. The molecule has 1 atom stereocenters. The molecule has 0 aromatic carbocycles. The zero-order chi connectivity index (χ0) is 13.0. The lowest BCUT2D eigenvalue weighted by molar-refractivity contribution is 0.101. The van der Waals surface area contributed by atoms with Gasteiger partial charge in [0.1, 0.15) is 6.61 Å². The van der Waals surface area contributed by atoms with Gasteiger partial charge in [-0.05, 0) is 39.4 Å². The van der Waals surface area contributed by atoms with Gasteiger partial charge in [-0.1, -0.05) is 6.42 Å². The average molecular weight is 248 g/mol. The van der Waals surface area contributed by atoms with Gasteiger partial charge in [-0.2, -0.15) is 0 Å². The summed E-state index contributed by atoms with van der Waals surface area (Å²) in [5.41, 5.74) is 0.650. The van der Waals surface area contributed by atoms with Crippen LogP contribution in [0.4, 0.5) is 0 Å². The molecule has 1 aromatic heterocycles. The van der Waals surface area contributed by atoms with E-state index >= 15 is 0 Å². The summed E-state index contributed by atoms with van der Waals surface area (Å²) in [6, 6.07) is 3.88. The number of pyridine rings is 1. The molecule has 1 aliphatic rings. The van der Waals surface area contributed by atoms with Crippen LogP contribution in [-0.2, 0) is 0 Å². The van der Waals surface area contributed by atoms with E-state index in [1.165, 1.54) is 19.3 Å². The third-order valence-electron chi connectivity index (χ3n) is 3.49. The Bertz CT molecular complexity index is 420. The Hall–Kier alpha value is -1.42. The molecule has 2 rings (SSSR count). The maximum Gasteiger partial charge on any atom is 0.213 e. The molecule has 4 heteroatoms. The highest BCUT2D eigenvalue weighted by Crippen LogP contribution is 2.17. The van der Waals surface area contributed by atoms with E-state index in [9.17, 15) is 4.79 Å². The number of likely N-dealkylation sites (tertiary alicyclic amines) is 1. The Morgan fingerprint density at radius 2 is 2.39 bits per heavy atom. The summed E-state index contributed by atoms with van der Waals surface area (Å²) in [5.74, 6) is 0.582. The Balaban J connectivity index is 1.93. The monoisotopic (exact) mass is 248 g/mol. The lowest BCUT2D eigenvalue weighted by atomic mass is 10.0. The van der Waals surface area contributed by atoms with Crippen molar-refractivity contribution in [3.8, 4) is 5.88 Å². The van der Waals surface area contributed by atoms with Crippen LogP contribution in [0.15, 0.2) is 18.3 Å². The fourth-order valence-electron chi connectivity index (χ4n) is 2.24. The van der Waals surface area contributed by atoms with Gasteiger partial charge in [-0.3, -0.25) is 4.79 Å². The topological polar surface area (TPSA) is 42.4 Å². The fourth-order valence-corrected chi connectivity index (χ4v) is 2.24. The molecule has 4 nitrogen and oxygen atoms in total. The van der Waals surface area contributed by atoms with Gasteiger partial charge in [-0.25, -0.2) is 4.98 Å². The van der Waals surface area contributed by atoms with Gasteiger partial charge >= 0.3 is 0 Å². The van der Waals surface area contributed by atoms with Gasteiger partial charge < -0.3 is 9.64 Å². The number of Topliss-reactive ketones (excluding diaryl/α,β-unsaturated/α-hetero) is 1. The fraction of sp³-hybridized carbons (Fsp3) is 0.571. The Morgan fingerprint density at radius 1 is 1.56 bits per heavy atom. The molecular formula is C14H20N2O2. The number of ketones is 1. The molecule has 1 aromatic rings. The largest absolute Gasteiger partial charge is 0.476 e. The number of hydrogen-bond acceptors (Lipinski definition) is 4. The molecule has 2 heterocycles. The second-order valence-electron chi connectivity index (χ2n) is 4.88. The number of piperidine rings is 1. The second kappa shape index (κ2) is 5.96. The third kappa shape index (κ3) is 3.29. The molecular weight excluding hydrogens is 228 g/mol. The van der Waals surface area contributed by atoms with Crippen LogP contribution in [-0.4, -0.2) is 41.9 Å². The third-order valence-corrected chi connectivity index (χ3v) is 3.49. The Labute approximate surface area is 108 Å². The molecule has 0 radical (unpaired) electrons. The first-order chi connectivity index (χ1) is 8.66. The standard InChI is InChI=1S/C14H20N2O2/c1-11(17)12-6-7-15-14(9-12)18-10-13-5-3-4-8-16(13)2/h6-7,9,13H,3-5,8,10H2,1-2H3. The van der Waals surface area contributed by atoms with E-state index in [2.05, 4.69) is 16.9 Å². The van der Waals surface area contributed by atoms with Crippen LogP contribution in [0.5, 0.6) is 5.88 Å². The lowest BCUT2D eigenvalue weighted by Crippen LogP contribution is -2.40. The van der Waals surface area contributed by atoms with Crippen LogP contribution in [0.2, 0.25) is 0 Å². The van der Waals surface area contributed by atoms with Crippen molar-refractivity contribution in [1.82, 2.24) is 9.88 Å². The van der Waals surface area contributed by atoms with Gasteiger partial charge in [-0.15, -0.1) is 0 Å². The van der Waals surface area contributed by atoms with Gasteiger partial charge in [0.2, 0.25) is 5.88 Å². The summed E-state index contributed by atoms with van der Waals surface area (Å²) in [4.78, 5) is 17.7. The Kier molecular flexibility index (Phi) is 4.31. The van der Waals surface area contributed by atoms with E-state index in [0.717, 1.165) is 6.54 Å². The summed E-state index contributed by atoms with van der Waals surface area (Å²) in [6.07, 6.45) is 5.32. The first-order valence-electron chi connectivity index (χ1n) is 6.47. The molecule has 1 saturated heterocycles. The van der Waals surface area contributed by atoms with Crippen molar-refractivity contribution < 1.29 is 9.53 Å². The lowest BCUT2D eigenvalue weighted by Gasteiger charge is -2.31. The van der Waals surface area contributed by atoms with E-state index in [0.29, 0.717) is 24.1 Å². The first-order valence-corrected chi connectivity index (χ1v) is 6.47. The van der Waals surface area contributed by atoms with Crippen LogP contribution in [0.3, 0.4) is 0 Å². The molecule has 18 heavy (non-hydrogen) atoms. The van der Waals surface area contributed by atoms with Crippen molar-refractivity contribution in [1.29, 1.82) is 0 Å². The van der Waals surface area contributed by atoms with Crippen LogP contribution in [0.25, 0.3) is 0 Å². The maximum absolute atomic E-state index is 11.3. The zero-order valence-corrected chi connectivity index (χ0v) is 11.1. The molecule has 98 valence electrons. The highest BCUT2D eigenvalue weighted by atomic mass is 16.5. The normalized spacial score (nSPS) is 20.7. The number of ether oxygens (including phenoxy) is 1. The minimum absolute atomic E-state index is 0.0389. The molecule has 0 aliphatic carbocycles. The number of hydrogen-bond donors (Lipinski definition) is 0. The van der Waals surface area contributed by atoms with Crippen LogP contribution in [0.1, 0.15) is 36.5 Å². The highest BCUT2D eigenvalue weighted by Gasteiger charge is 2.19. The Morgan fingerprint density at radius 3 is 3.11 bits per heavy atom. The van der Waals surface area contributed by atoms with Crippen molar-refractivity contribution in [3.05, 3.63) is 23.9 Å². The number of nitrogens with zero attached hydrogens (tertiary/aromatic N) is 2. The smallest absolute Gasteiger partial charge is 0.213 e. The second-order valence-corrected chi connectivity index (χ2v) is 4.88. The molecule has 0 spiro atoms. The average Bonchev–Trinajstić information content (AvgIpc) is 2.38. The van der Waals surface area contributed by atoms with Crippen molar-refractivity contribution in [2.24, 2.45) is 0 Å². The van der Waals surface area contributed by atoms with Gasteiger partial charge in [0.25, 0.3) is 0 Å².